The third kappa shape index (κ3) is 1.91. The molecule has 1 N–H and O–H groups in total. The molecule has 2 heterocycles. The molecule has 0 fully saturated rings. The van der Waals surface area contributed by atoms with Gasteiger partial charge in [-0.15, -0.1) is 11.3 Å². The highest BCUT2D eigenvalue weighted by atomic mass is 32.1. The van der Waals surface area contributed by atoms with Crippen molar-refractivity contribution in [1.82, 2.24) is 0 Å². The van der Waals surface area contributed by atoms with E-state index in [1.807, 2.05) is 23.5 Å². The topological polar surface area (TPSA) is 21.3 Å². The van der Waals surface area contributed by atoms with Crippen LogP contribution in [0.1, 0.15) is 21.4 Å². The van der Waals surface area contributed by atoms with Gasteiger partial charge in [0.15, 0.2) is 6.10 Å². The SMILES string of the molecule is Cc1ccc(C2CNc3c(C)cccc3O2)s1. The number of hydrogen-bond acceptors (Lipinski definition) is 3. The molecule has 17 heavy (non-hydrogen) atoms. The van der Waals surface area contributed by atoms with Crippen LogP contribution in [-0.2, 0) is 0 Å². The van der Waals surface area contributed by atoms with E-state index in [1.165, 1.54) is 15.3 Å². The van der Waals surface area contributed by atoms with Crippen LogP contribution in [0.2, 0.25) is 0 Å². The van der Waals surface area contributed by atoms with Crippen LogP contribution in [-0.4, -0.2) is 6.54 Å². The second-order valence-electron chi connectivity index (χ2n) is 4.38. The summed E-state index contributed by atoms with van der Waals surface area (Å²) in [5.74, 6) is 0.965. The molecule has 0 aliphatic carbocycles. The average Bonchev–Trinajstić information content (AvgIpc) is 2.76. The van der Waals surface area contributed by atoms with Gasteiger partial charge in [-0.2, -0.15) is 0 Å². The van der Waals surface area contributed by atoms with Gasteiger partial charge in [-0.1, -0.05) is 12.1 Å². The molecule has 1 aliphatic rings. The van der Waals surface area contributed by atoms with Crippen LogP contribution in [0.15, 0.2) is 30.3 Å². The largest absolute Gasteiger partial charge is 0.481 e. The number of nitrogens with one attached hydrogen (secondary N) is 1. The first-order valence-corrected chi connectivity index (χ1v) is 6.62. The molecule has 0 amide bonds. The summed E-state index contributed by atoms with van der Waals surface area (Å²) in [6.07, 6.45) is 0.142. The van der Waals surface area contributed by atoms with Crippen LogP contribution in [0, 0.1) is 13.8 Å². The predicted molar refractivity (Wildman–Crippen MR) is 72.1 cm³/mol. The molecule has 0 bridgehead atoms. The maximum atomic E-state index is 6.06. The molecule has 2 aromatic rings. The van der Waals surface area contributed by atoms with Crippen molar-refractivity contribution in [3.05, 3.63) is 45.6 Å². The first kappa shape index (κ1) is 10.7. The van der Waals surface area contributed by atoms with Crippen molar-refractivity contribution in [2.45, 2.75) is 20.0 Å². The minimum atomic E-state index is 0.142. The minimum Gasteiger partial charge on any atom is -0.481 e. The number of benzene rings is 1. The van der Waals surface area contributed by atoms with Crippen LogP contribution >= 0.6 is 11.3 Å². The highest BCUT2D eigenvalue weighted by Gasteiger charge is 2.22. The number of para-hydroxylation sites is 1. The summed E-state index contributed by atoms with van der Waals surface area (Å²) in [4.78, 5) is 2.63. The monoisotopic (exact) mass is 245 g/mol. The number of hydrogen-bond donors (Lipinski definition) is 1. The van der Waals surface area contributed by atoms with Gasteiger partial charge >= 0.3 is 0 Å². The third-order valence-electron chi connectivity index (χ3n) is 3.05. The molecule has 1 aliphatic heterocycles. The number of anilines is 1. The number of aryl methyl sites for hydroxylation is 2. The second kappa shape index (κ2) is 4.08. The van der Waals surface area contributed by atoms with E-state index in [2.05, 4.69) is 37.4 Å². The summed E-state index contributed by atoms with van der Waals surface area (Å²) in [6.45, 7) is 5.07. The van der Waals surface area contributed by atoms with E-state index in [9.17, 15) is 0 Å². The molecule has 0 radical (unpaired) electrons. The van der Waals surface area contributed by atoms with Crippen LogP contribution in [0.4, 0.5) is 5.69 Å². The minimum absolute atomic E-state index is 0.142. The fourth-order valence-corrected chi connectivity index (χ4v) is 3.05. The van der Waals surface area contributed by atoms with E-state index in [-0.39, 0.29) is 6.10 Å². The lowest BCUT2D eigenvalue weighted by Crippen LogP contribution is -2.23. The maximum absolute atomic E-state index is 6.06. The van der Waals surface area contributed by atoms with E-state index in [4.69, 9.17) is 4.74 Å². The Bertz CT molecular complexity index is 547. The van der Waals surface area contributed by atoms with Gasteiger partial charge < -0.3 is 10.1 Å². The third-order valence-corrected chi connectivity index (χ3v) is 4.14. The van der Waals surface area contributed by atoms with Crippen molar-refractivity contribution >= 4 is 17.0 Å². The van der Waals surface area contributed by atoms with Crippen molar-refractivity contribution in [2.24, 2.45) is 0 Å². The Hall–Kier alpha value is -1.48. The molecule has 1 unspecified atom stereocenters. The lowest BCUT2D eigenvalue weighted by Gasteiger charge is -2.27. The van der Waals surface area contributed by atoms with E-state index in [1.54, 1.807) is 0 Å². The summed E-state index contributed by atoms with van der Waals surface area (Å²) < 4.78 is 6.06. The van der Waals surface area contributed by atoms with Crippen molar-refractivity contribution < 1.29 is 4.74 Å². The van der Waals surface area contributed by atoms with Gasteiger partial charge in [0.05, 0.1) is 12.2 Å². The van der Waals surface area contributed by atoms with Crippen molar-refractivity contribution in [3.63, 3.8) is 0 Å². The van der Waals surface area contributed by atoms with Gasteiger partial charge in [-0.3, -0.25) is 0 Å². The van der Waals surface area contributed by atoms with Crippen LogP contribution in [0.5, 0.6) is 5.75 Å². The predicted octanol–water partition coefficient (Wildman–Crippen LogP) is 3.91. The molecular formula is C14H15NOS. The summed E-state index contributed by atoms with van der Waals surface area (Å²) in [5.41, 5.74) is 2.38. The Morgan fingerprint density at radius 2 is 2.12 bits per heavy atom. The van der Waals surface area contributed by atoms with Crippen molar-refractivity contribution in [1.29, 1.82) is 0 Å². The van der Waals surface area contributed by atoms with E-state index in [0.717, 1.165) is 18.0 Å². The zero-order valence-electron chi connectivity index (χ0n) is 9.99. The van der Waals surface area contributed by atoms with E-state index >= 15 is 0 Å². The van der Waals surface area contributed by atoms with Gasteiger partial charge in [0.25, 0.3) is 0 Å². The average molecular weight is 245 g/mol. The number of rotatable bonds is 1. The Morgan fingerprint density at radius 1 is 1.24 bits per heavy atom. The van der Waals surface area contributed by atoms with Crippen LogP contribution in [0.3, 0.4) is 0 Å². The smallest absolute Gasteiger partial charge is 0.150 e. The lowest BCUT2D eigenvalue weighted by atomic mass is 10.1. The molecule has 3 rings (SSSR count). The summed E-state index contributed by atoms with van der Waals surface area (Å²) in [7, 11) is 0. The maximum Gasteiger partial charge on any atom is 0.150 e. The first-order valence-electron chi connectivity index (χ1n) is 5.80. The molecule has 0 saturated heterocycles. The van der Waals surface area contributed by atoms with Crippen molar-refractivity contribution in [2.75, 3.05) is 11.9 Å². The lowest BCUT2D eigenvalue weighted by molar-refractivity contribution is 0.214. The molecule has 2 nitrogen and oxygen atoms in total. The highest BCUT2D eigenvalue weighted by molar-refractivity contribution is 7.12. The second-order valence-corrected chi connectivity index (χ2v) is 5.70. The fourth-order valence-electron chi connectivity index (χ4n) is 2.14. The zero-order chi connectivity index (χ0) is 11.8. The summed E-state index contributed by atoms with van der Waals surface area (Å²) in [5, 5.41) is 3.47. The molecule has 0 saturated carbocycles. The number of thiophene rings is 1. The van der Waals surface area contributed by atoms with Gasteiger partial charge in [0.2, 0.25) is 0 Å². The Balaban J connectivity index is 1.90. The van der Waals surface area contributed by atoms with Gasteiger partial charge in [-0.05, 0) is 37.6 Å². The Kier molecular flexibility index (Phi) is 2.56. The van der Waals surface area contributed by atoms with Crippen molar-refractivity contribution in [3.8, 4) is 5.75 Å². The first-order chi connectivity index (χ1) is 8.24. The summed E-state index contributed by atoms with van der Waals surface area (Å²) >= 11 is 1.81. The molecule has 3 heteroatoms. The van der Waals surface area contributed by atoms with Gasteiger partial charge in [-0.25, -0.2) is 0 Å². The highest BCUT2D eigenvalue weighted by Crippen LogP contribution is 2.37. The van der Waals surface area contributed by atoms with Crippen LogP contribution in [0.25, 0.3) is 0 Å². The Morgan fingerprint density at radius 3 is 2.88 bits per heavy atom. The normalized spacial score (nSPS) is 18.1. The van der Waals surface area contributed by atoms with Crippen LogP contribution < -0.4 is 10.1 Å². The van der Waals surface area contributed by atoms with E-state index in [0.29, 0.717) is 0 Å². The van der Waals surface area contributed by atoms with E-state index < -0.39 is 0 Å². The van der Waals surface area contributed by atoms with Gasteiger partial charge in [0.1, 0.15) is 5.75 Å². The zero-order valence-corrected chi connectivity index (χ0v) is 10.8. The molecule has 1 aromatic heterocycles. The molecule has 1 aromatic carbocycles. The molecule has 88 valence electrons. The quantitative estimate of drug-likeness (QED) is 0.822. The summed E-state index contributed by atoms with van der Waals surface area (Å²) in [6, 6.07) is 10.5. The molecule has 0 spiro atoms. The Labute approximate surface area is 105 Å². The molecular weight excluding hydrogens is 230 g/mol. The van der Waals surface area contributed by atoms with Gasteiger partial charge in [0, 0.05) is 9.75 Å². The fraction of sp³-hybridized carbons (Fsp3) is 0.286. The number of fused-ring (bicyclic) bond motifs is 1. The molecule has 1 atom stereocenters. The number of ether oxygens (including phenoxy) is 1. The standard InChI is InChI=1S/C14H15NOS/c1-9-4-3-5-11-14(9)15-8-12(16-11)13-7-6-10(2)17-13/h3-7,12,15H,8H2,1-2H3.